The maximum atomic E-state index is 11.8. The fourth-order valence-corrected chi connectivity index (χ4v) is 2.45. The van der Waals surface area contributed by atoms with Crippen molar-refractivity contribution in [1.29, 1.82) is 0 Å². The second kappa shape index (κ2) is 7.37. The third kappa shape index (κ3) is 3.92. The van der Waals surface area contributed by atoms with Crippen LogP contribution in [0.25, 0.3) is 0 Å². The Labute approximate surface area is 131 Å². The van der Waals surface area contributed by atoms with Gasteiger partial charge in [0.1, 0.15) is 5.00 Å². The average Bonchev–Trinajstić information content (AvgIpc) is 2.89. The minimum atomic E-state index is -0.468. The van der Waals surface area contributed by atoms with Gasteiger partial charge >= 0.3 is 5.97 Å². The van der Waals surface area contributed by atoms with Crippen molar-refractivity contribution in [3.63, 3.8) is 0 Å². The lowest BCUT2D eigenvalue weighted by atomic mass is 10.2. The Morgan fingerprint density at radius 1 is 1.36 bits per heavy atom. The molecule has 0 saturated carbocycles. The number of nitrogens with zero attached hydrogens (tertiary/aromatic N) is 1. The topological polar surface area (TPSA) is 93.8 Å². The van der Waals surface area contributed by atoms with Gasteiger partial charge in [-0.15, -0.1) is 11.3 Å². The molecule has 6 nitrogen and oxygen atoms in total. The number of carbonyl (C=O) groups is 2. The van der Waals surface area contributed by atoms with Crippen LogP contribution in [0, 0.1) is 0 Å². The average molecular weight is 317 g/mol. The SMILES string of the molecule is CCOC(=O)c1cc(/C=N/NC(=O)c2ccccc2)sc1N. The van der Waals surface area contributed by atoms with Crippen molar-refractivity contribution in [2.75, 3.05) is 12.3 Å². The molecule has 0 radical (unpaired) electrons. The van der Waals surface area contributed by atoms with E-state index in [1.54, 1.807) is 37.3 Å². The molecule has 7 heteroatoms. The van der Waals surface area contributed by atoms with Crippen molar-refractivity contribution in [3.8, 4) is 0 Å². The van der Waals surface area contributed by atoms with Crippen LogP contribution in [0.5, 0.6) is 0 Å². The number of nitrogens with two attached hydrogens (primary N) is 1. The number of ether oxygens (including phenoxy) is 1. The Kier molecular flexibility index (Phi) is 5.26. The van der Waals surface area contributed by atoms with Gasteiger partial charge in [-0.25, -0.2) is 10.2 Å². The summed E-state index contributed by atoms with van der Waals surface area (Å²) in [5.41, 5.74) is 8.99. The van der Waals surface area contributed by atoms with E-state index in [0.29, 0.717) is 21.0 Å². The minimum Gasteiger partial charge on any atom is -0.462 e. The monoisotopic (exact) mass is 317 g/mol. The fourth-order valence-electron chi connectivity index (χ4n) is 1.67. The van der Waals surface area contributed by atoms with Gasteiger partial charge in [0.15, 0.2) is 0 Å². The molecule has 2 aromatic rings. The van der Waals surface area contributed by atoms with Crippen LogP contribution in [-0.2, 0) is 4.74 Å². The highest BCUT2D eigenvalue weighted by Crippen LogP contribution is 2.24. The number of hydrogen-bond acceptors (Lipinski definition) is 6. The second-order valence-electron chi connectivity index (χ2n) is 4.21. The van der Waals surface area contributed by atoms with Crippen molar-refractivity contribution in [3.05, 3.63) is 52.4 Å². The molecule has 0 unspecified atom stereocenters. The molecule has 0 aliphatic heterocycles. The lowest BCUT2D eigenvalue weighted by Gasteiger charge is -1.98. The minimum absolute atomic E-state index is 0.282. The third-order valence-corrected chi connectivity index (χ3v) is 3.57. The van der Waals surface area contributed by atoms with Crippen LogP contribution in [0.4, 0.5) is 5.00 Å². The van der Waals surface area contributed by atoms with Gasteiger partial charge in [0, 0.05) is 5.56 Å². The smallest absolute Gasteiger partial charge is 0.341 e. The quantitative estimate of drug-likeness (QED) is 0.502. The molecule has 0 saturated heterocycles. The second-order valence-corrected chi connectivity index (χ2v) is 5.33. The number of nitrogen functional groups attached to an aromatic ring is 1. The predicted octanol–water partition coefficient (Wildman–Crippen LogP) is 2.27. The van der Waals surface area contributed by atoms with E-state index in [0.717, 1.165) is 0 Å². The molecule has 0 fully saturated rings. The van der Waals surface area contributed by atoms with Crippen LogP contribution in [0.15, 0.2) is 41.5 Å². The summed E-state index contributed by atoms with van der Waals surface area (Å²) in [6, 6.07) is 10.3. The first-order chi connectivity index (χ1) is 10.6. The Balaban J connectivity index is 2.00. The van der Waals surface area contributed by atoms with Gasteiger partial charge in [-0.3, -0.25) is 4.79 Å². The molecule has 1 amide bonds. The zero-order valence-electron chi connectivity index (χ0n) is 11.9. The number of hydrogen-bond donors (Lipinski definition) is 2. The maximum Gasteiger partial charge on any atom is 0.341 e. The van der Waals surface area contributed by atoms with Gasteiger partial charge in [0.25, 0.3) is 5.91 Å². The molecule has 0 atom stereocenters. The molecule has 2 rings (SSSR count). The largest absolute Gasteiger partial charge is 0.462 e. The van der Waals surface area contributed by atoms with Crippen LogP contribution < -0.4 is 11.2 Å². The zero-order valence-corrected chi connectivity index (χ0v) is 12.7. The number of carbonyl (C=O) groups excluding carboxylic acids is 2. The first-order valence-electron chi connectivity index (χ1n) is 6.56. The molecule has 0 aliphatic carbocycles. The van der Waals surface area contributed by atoms with Crippen molar-refractivity contribution >= 4 is 34.4 Å². The highest BCUT2D eigenvalue weighted by Gasteiger charge is 2.14. The Hall–Kier alpha value is -2.67. The van der Waals surface area contributed by atoms with E-state index in [1.807, 2.05) is 6.07 Å². The lowest BCUT2D eigenvalue weighted by molar-refractivity contribution is 0.0528. The number of benzene rings is 1. The summed E-state index contributed by atoms with van der Waals surface area (Å²) in [5, 5.41) is 4.21. The number of hydrazone groups is 1. The van der Waals surface area contributed by atoms with Gasteiger partial charge in [-0.05, 0) is 25.1 Å². The molecule has 22 heavy (non-hydrogen) atoms. The van der Waals surface area contributed by atoms with Crippen LogP contribution in [0.1, 0.15) is 32.5 Å². The number of amides is 1. The molecule has 0 bridgehead atoms. The highest BCUT2D eigenvalue weighted by atomic mass is 32.1. The lowest BCUT2D eigenvalue weighted by Crippen LogP contribution is -2.17. The summed E-state index contributed by atoms with van der Waals surface area (Å²) in [6.45, 7) is 2.01. The number of nitrogens with one attached hydrogen (secondary N) is 1. The molecule has 114 valence electrons. The van der Waals surface area contributed by atoms with E-state index in [9.17, 15) is 9.59 Å². The molecule has 1 heterocycles. The van der Waals surface area contributed by atoms with Gasteiger partial charge in [0.05, 0.1) is 23.3 Å². The van der Waals surface area contributed by atoms with Crippen molar-refractivity contribution in [2.24, 2.45) is 5.10 Å². The normalized spacial score (nSPS) is 10.6. The van der Waals surface area contributed by atoms with E-state index >= 15 is 0 Å². The third-order valence-electron chi connectivity index (χ3n) is 2.67. The van der Waals surface area contributed by atoms with Crippen LogP contribution in [0.2, 0.25) is 0 Å². The van der Waals surface area contributed by atoms with Crippen molar-refractivity contribution < 1.29 is 14.3 Å². The fraction of sp³-hybridized carbons (Fsp3) is 0.133. The molecule has 0 aliphatic rings. The van der Waals surface area contributed by atoms with Crippen LogP contribution in [-0.4, -0.2) is 24.7 Å². The van der Waals surface area contributed by atoms with Gasteiger partial charge in [0.2, 0.25) is 0 Å². The molecule has 0 spiro atoms. The summed E-state index contributed by atoms with van der Waals surface area (Å²) in [7, 11) is 0. The molecule has 1 aromatic carbocycles. The van der Waals surface area contributed by atoms with Crippen molar-refractivity contribution in [1.82, 2.24) is 5.43 Å². The summed E-state index contributed by atoms with van der Waals surface area (Å²) < 4.78 is 4.90. The van der Waals surface area contributed by atoms with E-state index in [4.69, 9.17) is 10.5 Å². The number of thiophene rings is 1. The highest BCUT2D eigenvalue weighted by molar-refractivity contribution is 7.17. The van der Waals surface area contributed by atoms with Gasteiger partial charge in [-0.1, -0.05) is 18.2 Å². The summed E-state index contributed by atoms with van der Waals surface area (Å²) in [5.74, 6) is -0.781. The standard InChI is InChI=1S/C15H15N3O3S/c1-2-21-15(20)12-8-11(22-13(12)16)9-17-18-14(19)10-6-4-3-5-7-10/h3-9H,2,16H2,1H3,(H,18,19)/b17-9+. The van der Waals surface area contributed by atoms with E-state index in [2.05, 4.69) is 10.5 Å². The first kappa shape index (κ1) is 15.7. The van der Waals surface area contributed by atoms with E-state index < -0.39 is 5.97 Å². The van der Waals surface area contributed by atoms with Crippen LogP contribution in [0.3, 0.4) is 0 Å². The first-order valence-corrected chi connectivity index (χ1v) is 7.38. The number of anilines is 1. The summed E-state index contributed by atoms with van der Waals surface area (Å²) in [4.78, 5) is 24.1. The van der Waals surface area contributed by atoms with Gasteiger partial charge in [-0.2, -0.15) is 5.10 Å². The Morgan fingerprint density at radius 2 is 2.09 bits per heavy atom. The number of esters is 1. The van der Waals surface area contributed by atoms with E-state index in [-0.39, 0.29) is 12.5 Å². The van der Waals surface area contributed by atoms with E-state index in [1.165, 1.54) is 17.6 Å². The van der Waals surface area contributed by atoms with Crippen LogP contribution >= 0.6 is 11.3 Å². The Bertz CT molecular complexity index is 695. The molecule has 1 aromatic heterocycles. The van der Waals surface area contributed by atoms with Crippen molar-refractivity contribution in [2.45, 2.75) is 6.92 Å². The molecular weight excluding hydrogens is 302 g/mol. The predicted molar refractivity (Wildman–Crippen MR) is 86.2 cm³/mol. The summed E-state index contributed by atoms with van der Waals surface area (Å²) >= 11 is 1.19. The molecule has 3 N–H and O–H groups in total. The zero-order chi connectivity index (χ0) is 15.9. The Morgan fingerprint density at radius 3 is 2.77 bits per heavy atom. The van der Waals surface area contributed by atoms with Gasteiger partial charge < -0.3 is 10.5 Å². The number of rotatable bonds is 5. The molecular formula is C15H15N3O3S. The maximum absolute atomic E-state index is 11.8. The summed E-state index contributed by atoms with van der Waals surface area (Å²) in [6.07, 6.45) is 1.44.